The minimum absolute atomic E-state index is 0. The van der Waals surface area contributed by atoms with Gasteiger partial charge in [0, 0.05) is 12.5 Å². The zero-order valence-corrected chi connectivity index (χ0v) is 13.3. The van der Waals surface area contributed by atoms with Crippen LogP contribution in [0.5, 0.6) is 0 Å². The van der Waals surface area contributed by atoms with Crippen LogP contribution in [0, 0.1) is 0 Å². The standard InChI is InChI=1S/C14H20NS.HI/c1-2-3-4-5-8-11-15-12-16-14-10-7-6-9-13(14)15;/h6-7,9-10,12H,2-5,8,11H2,1H3;1H/q+1;/p-1. The van der Waals surface area contributed by atoms with E-state index < -0.39 is 0 Å². The van der Waals surface area contributed by atoms with Crippen LogP contribution in [0.1, 0.15) is 39.0 Å². The summed E-state index contributed by atoms with van der Waals surface area (Å²) >= 11 is 1.85. The molecular formula is C14H20INS. The summed E-state index contributed by atoms with van der Waals surface area (Å²) in [5.74, 6) is 0. The molecule has 0 spiro atoms. The van der Waals surface area contributed by atoms with E-state index in [2.05, 4.69) is 41.3 Å². The summed E-state index contributed by atoms with van der Waals surface area (Å²) in [6.45, 7) is 3.44. The third kappa shape index (κ3) is 4.21. The number of aromatic nitrogens is 1. The van der Waals surface area contributed by atoms with E-state index in [4.69, 9.17) is 0 Å². The van der Waals surface area contributed by atoms with Crippen LogP contribution in [0.2, 0.25) is 0 Å². The second kappa shape index (κ2) is 8.03. The van der Waals surface area contributed by atoms with Crippen LogP contribution >= 0.6 is 11.3 Å². The molecule has 0 atom stereocenters. The summed E-state index contributed by atoms with van der Waals surface area (Å²) in [6.07, 6.45) is 6.78. The second-order valence-corrected chi connectivity index (χ2v) is 5.18. The van der Waals surface area contributed by atoms with Crippen LogP contribution in [-0.4, -0.2) is 0 Å². The molecule has 0 fully saturated rings. The highest BCUT2D eigenvalue weighted by Gasteiger charge is 2.09. The predicted octanol–water partition coefficient (Wildman–Crippen LogP) is 1.16. The molecule has 0 saturated carbocycles. The molecule has 0 radical (unpaired) electrons. The van der Waals surface area contributed by atoms with Crippen LogP contribution in [-0.2, 0) is 6.54 Å². The Hall–Kier alpha value is -0.160. The fourth-order valence-corrected chi connectivity index (χ4v) is 2.95. The van der Waals surface area contributed by atoms with E-state index >= 15 is 0 Å². The molecule has 3 heteroatoms. The van der Waals surface area contributed by atoms with Gasteiger partial charge in [-0.1, -0.05) is 49.7 Å². The molecule has 0 aliphatic rings. The summed E-state index contributed by atoms with van der Waals surface area (Å²) in [4.78, 5) is 0. The number of aryl methyl sites for hydroxylation is 1. The van der Waals surface area contributed by atoms with Crippen molar-refractivity contribution in [2.24, 2.45) is 0 Å². The summed E-state index contributed by atoms with van der Waals surface area (Å²) < 4.78 is 3.79. The Kier molecular flexibility index (Phi) is 7.04. The molecule has 0 bridgehead atoms. The minimum atomic E-state index is 0. The van der Waals surface area contributed by atoms with Gasteiger partial charge in [0.25, 0.3) is 0 Å². The van der Waals surface area contributed by atoms with Gasteiger partial charge < -0.3 is 24.0 Å². The molecule has 0 saturated heterocycles. The van der Waals surface area contributed by atoms with E-state index in [0.29, 0.717) is 0 Å². The van der Waals surface area contributed by atoms with Crippen LogP contribution in [0.25, 0.3) is 10.2 Å². The maximum atomic E-state index is 2.39. The normalized spacial score (nSPS) is 10.4. The van der Waals surface area contributed by atoms with Crippen molar-refractivity contribution in [3.63, 3.8) is 0 Å². The average Bonchev–Trinajstić information content (AvgIpc) is 2.73. The molecular weight excluding hydrogens is 341 g/mol. The Morgan fingerprint density at radius 3 is 2.65 bits per heavy atom. The van der Waals surface area contributed by atoms with Crippen molar-refractivity contribution in [3.05, 3.63) is 29.8 Å². The van der Waals surface area contributed by atoms with Crippen LogP contribution in [0.15, 0.2) is 29.8 Å². The fraction of sp³-hybridized carbons (Fsp3) is 0.500. The van der Waals surface area contributed by atoms with E-state index in [9.17, 15) is 0 Å². The summed E-state index contributed by atoms with van der Waals surface area (Å²) in [6, 6.07) is 8.67. The molecule has 1 aromatic heterocycles. The lowest BCUT2D eigenvalue weighted by atomic mass is 10.1. The third-order valence-corrected chi connectivity index (χ3v) is 3.94. The second-order valence-electron chi connectivity index (χ2n) is 4.30. The van der Waals surface area contributed by atoms with E-state index in [0.717, 1.165) is 0 Å². The van der Waals surface area contributed by atoms with Crippen molar-refractivity contribution >= 4 is 21.6 Å². The first-order chi connectivity index (χ1) is 7.92. The molecule has 1 nitrogen and oxygen atoms in total. The van der Waals surface area contributed by atoms with Gasteiger partial charge in [-0.2, -0.15) is 4.57 Å². The van der Waals surface area contributed by atoms with Crippen molar-refractivity contribution in [2.75, 3.05) is 0 Å². The maximum absolute atomic E-state index is 2.39. The van der Waals surface area contributed by atoms with Crippen molar-refractivity contribution < 1.29 is 28.5 Å². The van der Waals surface area contributed by atoms with Gasteiger partial charge in [0.15, 0.2) is 0 Å². The Morgan fingerprint density at radius 2 is 1.82 bits per heavy atom. The summed E-state index contributed by atoms with van der Waals surface area (Å²) in [7, 11) is 0. The van der Waals surface area contributed by atoms with Gasteiger partial charge >= 0.3 is 0 Å². The van der Waals surface area contributed by atoms with E-state index in [1.54, 1.807) is 0 Å². The zero-order valence-electron chi connectivity index (χ0n) is 10.4. The highest BCUT2D eigenvalue weighted by Crippen LogP contribution is 2.15. The summed E-state index contributed by atoms with van der Waals surface area (Å²) in [5.41, 5.74) is 3.65. The maximum Gasteiger partial charge on any atom is 0.225 e. The largest absolute Gasteiger partial charge is 1.00 e. The van der Waals surface area contributed by atoms with Crippen LogP contribution < -0.4 is 28.5 Å². The first kappa shape index (κ1) is 14.9. The number of thiazole rings is 1. The van der Waals surface area contributed by atoms with Gasteiger partial charge in [-0.05, 0) is 12.5 Å². The first-order valence-electron chi connectivity index (χ1n) is 6.27. The monoisotopic (exact) mass is 361 g/mol. The Bertz CT molecular complexity index is 438. The first-order valence-corrected chi connectivity index (χ1v) is 7.15. The number of nitrogens with zero attached hydrogens (tertiary/aromatic N) is 1. The topological polar surface area (TPSA) is 3.88 Å². The molecule has 1 aromatic carbocycles. The van der Waals surface area contributed by atoms with Gasteiger partial charge in [-0.15, -0.1) is 0 Å². The molecule has 1 heterocycles. The molecule has 2 rings (SSSR count). The lowest BCUT2D eigenvalue weighted by Crippen LogP contribution is -3.00. The van der Waals surface area contributed by atoms with Gasteiger partial charge in [-0.25, -0.2) is 0 Å². The number of unbranched alkanes of at least 4 members (excludes halogenated alkanes) is 4. The molecule has 17 heavy (non-hydrogen) atoms. The van der Waals surface area contributed by atoms with Crippen molar-refractivity contribution in [1.82, 2.24) is 0 Å². The summed E-state index contributed by atoms with van der Waals surface area (Å²) in [5, 5.41) is 0. The third-order valence-electron chi connectivity index (χ3n) is 2.98. The van der Waals surface area contributed by atoms with Gasteiger partial charge in [0.2, 0.25) is 11.0 Å². The Labute approximate surface area is 125 Å². The van der Waals surface area contributed by atoms with E-state index in [1.807, 2.05) is 11.3 Å². The molecule has 0 N–H and O–H groups in total. The quantitative estimate of drug-likeness (QED) is 0.413. The van der Waals surface area contributed by atoms with Crippen LogP contribution in [0.3, 0.4) is 0 Å². The number of rotatable bonds is 6. The fourth-order valence-electron chi connectivity index (χ4n) is 2.03. The number of hydrogen-bond acceptors (Lipinski definition) is 1. The smallest absolute Gasteiger partial charge is 0.225 e. The number of fused-ring (bicyclic) bond motifs is 1. The van der Waals surface area contributed by atoms with Gasteiger partial charge in [-0.3, -0.25) is 0 Å². The predicted molar refractivity (Wildman–Crippen MR) is 70.8 cm³/mol. The molecule has 0 aliphatic heterocycles. The lowest BCUT2D eigenvalue weighted by Gasteiger charge is -1.96. The Balaban J connectivity index is 0.00000144. The number of para-hydroxylation sites is 1. The van der Waals surface area contributed by atoms with E-state index in [1.165, 1.54) is 48.9 Å². The molecule has 94 valence electrons. The Morgan fingerprint density at radius 1 is 1.06 bits per heavy atom. The molecule has 0 unspecified atom stereocenters. The highest BCUT2D eigenvalue weighted by molar-refractivity contribution is 7.16. The van der Waals surface area contributed by atoms with Crippen LogP contribution in [0.4, 0.5) is 0 Å². The van der Waals surface area contributed by atoms with Gasteiger partial charge in [0.05, 0.1) is 0 Å². The van der Waals surface area contributed by atoms with Crippen molar-refractivity contribution in [3.8, 4) is 0 Å². The minimum Gasteiger partial charge on any atom is -1.00 e. The van der Waals surface area contributed by atoms with Crippen molar-refractivity contribution in [1.29, 1.82) is 0 Å². The van der Waals surface area contributed by atoms with Crippen molar-refractivity contribution in [2.45, 2.75) is 45.6 Å². The number of hydrogen-bond donors (Lipinski definition) is 0. The molecule has 2 aromatic rings. The average molecular weight is 361 g/mol. The highest BCUT2D eigenvalue weighted by atomic mass is 127. The number of benzene rings is 1. The zero-order chi connectivity index (χ0) is 11.2. The van der Waals surface area contributed by atoms with E-state index in [-0.39, 0.29) is 24.0 Å². The van der Waals surface area contributed by atoms with Gasteiger partial charge in [0.1, 0.15) is 11.2 Å². The molecule has 0 aliphatic carbocycles. The molecule has 0 amide bonds. The lowest BCUT2D eigenvalue weighted by molar-refractivity contribution is -0.667. The SMILES string of the molecule is CCCCCCC[n+]1csc2ccccc21.[I-]. The number of halogens is 1.